The number of furan rings is 1. The van der Waals surface area contributed by atoms with Crippen LogP contribution in [0.1, 0.15) is 38.5 Å². The molecule has 0 radical (unpaired) electrons. The summed E-state index contributed by atoms with van der Waals surface area (Å²) in [5.41, 5.74) is 0.858. The number of rotatable bonds is 5. The summed E-state index contributed by atoms with van der Waals surface area (Å²) in [6.07, 6.45) is 2.21. The molecule has 1 aromatic carbocycles. The zero-order chi connectivity index (χ0) is 15.0. The highest BCUT2D eigenvalue weighted by molar-refractivity contribution is 9.10. The zero-order valence-corrected chi connectivity index (χ0v) is 13.7. The van der Waals surface area contributed by atoms with Crippen LogP contribution in [0.5, 0.6) is 0 Å². The van der Waals surface area contributed by atoms with E-state index in [1.54, 1.807) is 0 Å². The second-order valence-corrected chi connectivity index (χ2v) is 6.64. The fraction of sp³-hybridized carbons (Fsp3) is 0.438. The number of hydrogen-bond donors (Lipinski definition) is 2. The Labute approximate surface area is 132 Å². The molecule has 0 aliphatic heterocycles. The van der Waals surface area contributed by atoms with Crippen LogP contribution in [0.25, 0.3) is 11.0 Å². The first-order valence-corrected chi connectivity index (χ1v) is 8.07. The van der Waals surface area contributed by atoms with Crippen molar-refractivity contribution in [3.05, 3.63) is 34.5 Å². The lowest BCUT2D eigenvalue weighted by atomic mass is 10.2. The summed E-state index contributed by atoms with van der Waals surface area (Å²) in [5, 5.41) is 7.35. The average molecular weight is 351 g/mol. The van der Waals surface area contributed by atoms with Gasteiger partial charge in [0.05, 0.1) is 12.1 Å². The third-order valence-electron chi connectivity index (χ3n) is 3.74. The first-order valence-electron chi connectivity index (χ1n) is 7.28. The molecule has 112 valence electrons. The fourth-order valence-corrected chi connectivity index (χ4v) is 2.71. The Hall–Kier alpha value is -1.33. The van der Waals surface area contributed by atoms with E-state index < -0.39 is 0 Å². The van der Waals surface area contributed by atoms with Crippen LogP contribution >= 0.6 is 15.9 Å². The Bertz CT molecular complexity index is 663. The van der Waals surface area contributed by atoms with Gasteiger partial charge >= 0.3 is 0 Å². The van der Waals surface area contributed by atoms with E-state index in [4.69, 9.17) is 4.42 Å². The van der Waals surface area contributed by atoms with Crippen LogP contribution in [-0.2, 0) is 4.79 Å². The predicted octanol–water partition coefficient (Wildman–Crippen LogP) is 3.51. The summed E-state index contributed by atoms with van der Waals surface area (Å²) < 4.78 is 6.87. The van der Waals surface area contributed by atoms with Crippen molar-refractivity contribution in [3.8, 4) is 0 Å². The number of nitrogens with one attached hydrogen (secondary N) is 2. The Kier molecular flexibility index (Phi) is 4.04. The summed E-state index contributed by atoms with van der Waals surface area (Å²) in [6, 6.07) is 8.08. The highest BCUT2D eigenvalue weighted by atomic mass is 79.9. The molecule has 1 heterocycles. The molecule has 1 amide bonds. The van der Waals surface area contributed by atoms with E-state index in [2.05, 4.69) is 26.6 Å². The Balaban J connectivity index is 1.67. The van der Waals surface area contributed by atoms with E-state index in [0.717, 1.165) is 34.0 Å². The number of halogens is 1. The smallest absolute Gasteiger partial charge is 0.237 e. The van der Waals surface area contributed by atoms with Gasteiger partial charge in [-0.15, -0.1) is 0 Å². The molecule has 2 atom stereocenters. The maximum atomic E-state index is 12.0. The SMILES string of the molecule is CC(NC(C)c1cc2cc(Br)ccc2o1)C(=O)NC1CC1. The van der Waals surface area contributed by atoms with Crippen molar-refractivity contribution in [1.82, 2.24) is 10.6 Å². The van der Waals surface area contributed by atoms with Gasteiger partial charge in [-0.25, -0.2) is 0 Å². The van der Waals surface area contributed by atoms with E-state index in [-0.39, 0.29) is 18.0 Å². The van der Waals surface area contributed by atoms with Crippen LogP contribution in [0.2, 0.25) is 0 Å². The molecule has 2 unspecified atom stereocenters. The number of benzene rings is 1. The van der Waals surface area contributed by atoms with E-state index in [0.29, 0.717) is 6.04 Å². The van der Waals surface area contributed by atoms with Gasteiger partial charge in [-0.05, 0) is 51.0 Å². The molecule has 2 N–H and O–H groups in total. The van der Waals surface area contributed by atoms with Crippen molar-refractivity contribution in [2.75, 3.05) is 0 Å². The lowest BCUT2D eigenvalue weighted by Crippen LogP contribution is -2.43. The molecule has 1 saturated carbocycles. The molecule has 1 fully saturated rings. The lowest BCUT2D eigenvalue weighted by molar-refractivity contribution is -0.123. The largest absolute Gasteiger partial charge is 0.459 e. The maximum Gasteiger partial charge on any atom is 0.237 e. The molecule has 1 aliphatic carbocycles. The minimum Gasteiger partial charge on any atom is -0.459 e. The summed E-state index contributed by atoms with van der Waals surface area (Å²) in [5.74, 6) is 0.900. The van der Waals surface area contributed by atoms with Crippen molar-refractivity contribution in [2.45, 2.75) is 44.8 Å². The van der Waals surface area contributed by atoms with Crippen molar-refractivity contribution in [3.63, 3.8) is 0 Å². The van der Waals surface area contributed by atoms with Crippen molar-refractivity contribution < 1.29 is 9.21 Å². The number of carbonyl (C=O) groups excluding carboxylic acids is 1. The number of hydrogen-bond acceptors (Lipinski definition) is 3. The van der Waals surface area contributed by atoms with Gasteiger partial charge in [0.25, 0.3) is 0 Å². The second kappa shape index (κ2) is 5.81. The molecule has 3 rings (SSSR count). The van der Waals surface area contributed by atoms with Gasteiger partial charge < -0.3 is 9.73 Å². The molecule has 5 heteroatoms. The van der Waals surface area contributed by atoms with Crippen molar-refractivity contribution in [1.29, 1.82) is 0 Å². The molecule has 2 aromatic rings. The normalized spacial score (nSPS) is 17.7. The molecule has 0 spiro atoms. The quantitative estimate of drug-likeness (QED) is 0.867. The number of amides is 1. The molecule has 4 nitrogen and oxygen atoms in total. The first-order chi connectivity index (χ1) is 10.0. The van der Waals surface area contributed by atoms with E-state index >= 15 is 0 Å². The van der Waals surface area contributed by atoms with Crippen molar-refractivity contribution >= 4 is 32.8 Å². The molecular formula is C16H19BrN2O2. The topological polar surface area (TPSA) is 54.3 Å². The van der Waals surface area contributed by atoms with Crippen molar-refractivity contribution in [2.24, 2.45) is 0 Å². The molecule has 1 aromatic heterocycles. The molecule has 0 saturated heterocycles. The fourth-order valence-electron chi connectivity index (χ4n) is 2.33. The van der Waals surface area contributed by atoms with Gasteiger partial charge in [0.1, 0.15) is 11.3 Å². The number of carbonyl (C=O) groups is 1. The summed E-state index contributed by atoms with van der Waals surface area (Å²) in [6.45, 7) is 3.89. The molecule has 0 bridgehead atoms. The summed E-state index contributed by atoms with van der Waals surface area (Å²) in [7, 11) is 0. The van der Waals surface area contributed by atoms with Gasteiger partial charge in [-0.1, -0.05) is 15.9 Å². The summed E-state index contributed by atoms with van der Waals surface area (Å²) in [4.78, 5) is 12.0. The molecule has 21 heavy (non-hydrogen) atoms. The Morgan fingerprint density at radius 3 is 2.81 bits per heavy atom. The zero-order valence-electron chi connectivity index (χ0n) is 12.2. The predicted molar refractivity (Wildman–Crippen MR) is 86.1 cm³/mol. The van der Waals surface area contributed by atoms with E-state index in [1.165, 1.54) is 0 Å². The lowest BCUT2D eigenvalue weighted by Gasteiger charge is -2.18. The minimum absolute atomic E-state index is 0.0175. The van der Waals surface area contributed by atoms with Crippen LogP contribution in [0.3, 0.4) is 0 Å². The number of fused-ring (bicyclic) bond motifs is 1. The van der Waals surface area contributed by atoms with E-state index in [1.807, 2.05) is 38.1 Å². The van der Waals surface area contributed by atoms with Gasteiger partial charge in [0, 0.05) is 15.9 Å². The van der Waals surface area contributed by atoms with Gasteiger partial charge in [-0.2, -0.15) is 0 Å². The maximum absolute atomic E-state index is 12.0. The Morgan fingerprint density at radius 1 is 1.33 bits per heavy atom. The van der Waals surface area contributed by atoms with E-state index in [9.17, 15) is 4.79 Å². The highest BCUT2D eigenvalue weighted by Crippen LogP contribution is 2.26. The Morgan fingerprint density at radius 2 is 2.10 bits per heavy atom. The van der Waals surface area contributed by atoms with Gasteiger partial charge in [0.2, 0.25) is 5.91 Å². The van der Waals surface area contributed by atoms with Crippen LogP contribution in [0, 0.1) is 0 Å². The average Bonchev–Trinajstić information content (AvgIpc) is 3.14. The highest BCUT2D eigenvalue weighted by Gasteiger charge is 2.26. The van der Waals surface area contributed by atoms with Crippen LogP contribution in [0.4, 0.5) is 0 Å². The summed E-state index contributed by atoms with van der Waals surface area (Å²) >= 11 is 3.46. The first kappa shape index (κ1) is 14.6. The molecule has 1 aliphatic rings. The second-order valence-electron chi connectivity index (χ2n) is 5.72. The van der Waals surface area contributed by atoms with Crippen LogP contribution in [-0.4, -0.2) is 18.0 Å². The third-order valence-corrected chi connectivity index (χ3v) is 4.23. The third kappa shape index (κ3) is 3.47. The standard InChI is InChI=1S/C16H19BrN2O2/c1-9(18-10(2)16(20)19-13-4-5-13)15-8-11-7-12(17)3-6-14(11)21-15/h3,6-10,13,18H,4-5H2,1-2H3,(H,19,20). The minimum atomic E-state index is -0.236. The van der Waals surface area contributed by atoms with Crippen LogP contribution < -0.4 is 10.6 Å². The van der Waals surface area contributed by atoms with Gasteiger partial charge in [-0.3, -0.25) is 10.1 Å². The van der Waals surface area contributed by atoms with Gasteiger partial charge in [0.15, 0.2) is 0 Å². The van der Waals surface area contributed by atoms with Crippen LogP contribution in [0.15, 0.2) is 33.2 Å². The monoisotopic (exact) mass is 350 g/mol. The molecular weight excluding hydrogens is 332 g/mol.